The van der Waals surface area contributed by atoms with E-state index in [1.807, 2.05) is 37.3 Å². The van der Waals surface area contributed by atoms with Crippen LogP contribution in [0.1, 0.15) is 47.3 Å². The number of para-hydroxylation sites is 1. The number of carbonyl (C=O) groups is 2. The van der Waals surface area contributed by atoms with Gasteiger partial charge in [-0.1, -0.05) is 24.6 Å². The van der Waals surface area contributed by atoms with Gasteiger partial charge in [0.05, 0.1) is 17.5 Å². The third-order valence-corrected chi connectivity index (χ3v) is 7.44. The molecule has 2 atom stereocenters. The number of hydrogen-bond donors (Lipinski definition) is 3. The molecule has 1 saturated heterocycles. The summed E-state index contributed by atoms with van der Waals surface area (Å²) >= 11 is 0. The second-order valence-electron chi connectivity index (χ2n) is 9.78. The largest absolute Gasteiger partial charge is 0.489 e. The molecular weight excluding hydrogens is 456 g/mol. The average Bonchev–Trinajstić information content (AvgIpc) is 2.86. The number of likely N-dealkylation sites (tertiary alicyclic amines) is 1. The zero-order valence-electron chi connectivity index (χ0n) is 20.4. The summed E-state index contributed by atoms with van der Waals surface area (Å²) in [5.74, 6) is -0.488. The van der Waals surface area contributed by atoms with Crippen molar-refractivity contribution < 1.29 is 19.5 Å². The van der Waals surface area contributed by atoms with Gasteiger partial charge >= 0.3 is 0 Å². The van der Waals surface area contributed by atoms with Gasteiger partial charge in [0, 0.05) is 34.8 Å². The molecule has 2 aliphatic rings. The molecule has 188 valence electrons. The number of nitrogens with one attached hydrogen (secondary N) is 2. The van der Waals surface area contributed by atoms with Gasteiger partial charge < -0.3 is 10.1 Å². The highest BCUT2D eigenvalue weighted by Crippen LogP contribution is 2.29. The van der Waals surface area contributed by atoms with Crippen LogP contribution in [0.3, 0.4) is 0 Å². The number of hydrogen-bond acceptors (Lipinski definition) is 6. The van der Waals surface area contributed by atoms with Crippen LogP contribution >= 0.6 is 0 Å². The van der Waals surface area contributed by atoms with Gasteiger partial charge in [0.25, 0.3) is 5.91 Å². The van der Waals surface area contributed by atoms with Gasteiger partial charge in [-0.15, -0.1) is 0 Å². The van der Waals surface area contributed by atoms with Crippen LogP contribution in [0.5, 0.6) is 5.75 Å². The van der Waals surface area contributed by atoms with E-state index < -0.39 is 11.8 Å². The minimum atomic E-state index is -0.462. The Hall–Kier alpha value is -3.49. The van der Waals surface area contributed by atoms with Gasteiger partial charge in [-0.2, -0.15) is 0 Å². The number of pyridine rings is 1. The summed E-state index contributed by atoms with van der Waals surface area (Å²) in [4.78, 5) is 32.2. The molecule has 5 rings (SSSR count). The lowest BCUT2D eigenvalue weighted by atomic mass is 9.85. The van der Waals surface area contributed by atoms with Crippen LogP contribution < -0.4 is 15.5 Å². The lowest BCUT2D eigenvalue weighted by Crippen LogP contribution is -2.59. The molecule has 1 aromatic heterocycles. The fourth-order valence-corrected chi connectivity index (χ4v) is 5.23. The fourth-order valence-electron chi connectivity index (χ4n) is 5.23. The molecule has 1 aliphatic heterocycles. The number of nitrogens with zero attached hydrogens (tertiary/aromatic N) is 2. The van der Waals surface area contributed by atoms with E-state index in [4.69, 9.17) is 4.74 Å². The highest BCUT2D eigenvalue weighted by Gasteiger charge is 2.38. The number of amides is 2. The van der Waals surface area contributed by atoms with Crippen molar-refractivity contribution in [3.8, 4) is 5.75 Å². The van der Waals surface area contributed by atoms with E-state index in [9.17, 15) is 14.8 Å². The SMILES string of the molecule is Cc1cc(COc2ccc(C(=O)N[C@@H]3CN(C4CCC4)CC[C@@H]3C(=O)NO)cc2)c2ccccc2n1. The predicted molar refractivity (Wildman–Crippen MR) is 136 cm³/mol. The standard InChI is InChI=1S/C28H32N4O4/c1-18-15-20(23-7-2-3-8-25(23)29-18)17-36-22-11-9-19(10-12-22)27(33)30-26-16-32(21-5-4-6-21)14-13-24(26)28(34)31-35/h2-3,7-12,15,21,24,26,35H,4-6,13-14,16-17H2,1H3,(H,30,33)(H,31,34)/t24-,26+/m0/s1. The summed E-state index contributed by atoms with van der Waals surface area (Å²) < 4.78 is 6.02. The Morgan fingerprint density at radius 2 is 1.89 bits per heavy atom. The Balaban J connectivity index is 1.23. The number of hydroxylamine groups is 1. The molecule has 0 spiro atoms. The van der Waals surface area contributed by atoms with Crippen LogP contribution in [-0.2, 0) is 11.4 Å². The summed E-state index contributed by atoms with van der Waals surface area (Å²) in [6.45, 7) is 3.77. The van der Waals surface area contributed by atoms with Gasteiger partial charge in [0.15, 0.2) is 0 Å². The third kappa shape index (κ3) is 5.20. The van der Waals surface area contributed by atoms with E-state index >= 15 is 0 Å². The molecule has 2 heterocycles. The Kier molecular flexibility index (Phi) is 7.16. The molecule has 8 nitrogen and oxygen atoms in total. The normalized spacial score (nSPS) is 20.5. The molecule has 1 saturated carbocycles. The predicted octanol–water partition coefficient (Wildman–Crippen LogP) is 3.60. The first-order valence-corrected chi connectivity index (χ1v) is 12.6. The van der Waals surface area contributed by atoms with E-state index in [-0.39, 0.29) is 11.9 Å². The monoisotopic (exact) mass is 488 g/mol. The Morgan fingerprint density at radius 1 is 1.11 bits per heavy atom. The van der Waals surface area contributed by atoms with Crippen molar-refractivity contribution in [1.82, 2.24) is 20.7 Å². The number of fused-ring (bicyclic) bond motifs is 1. The molecule has 0 radical (unpaired) electrons. The maximum absolute atomic E-state index is 13.0. The summed E-state index contributed by atoms with van der Waals surface area (Å²) in [5, 5.41) is 13.3. The first-order valence-electron chi connectivity index (χ1n) is 12.6. The summed E-state index contributed by atoms with van der Waals surface area (Å²) in [5.41, 5.74) is 5.20. The number of carbonyl (C=O) groups excluding carboxylic acids is 2. The maximum Gasteiger partial charge on any atom is 0.251 e. The quantitative estimate of drug-likeness (QED) is 0.347. The highest BCUT2D eigenvalue weighted by atomic mass is 16.5. The van der Waals surface area contributed by atoms with Crippen molar-refractivity contribution in [1.29, 1.82) is 0 Å². The van der Waals surface area contributed by atoms with Crippen molar-refractivity contribution in [2.24, 2.45) is 5.92 Å². The molecule has 0 bridgehead atoms. The second-order valence-corrected chi connectivity index (χ2v) is 9.78. The van der Waals surface area contributed by atoms with Crippen LogP contribution in [0.2, 0.25) is 0 Å². The lowest BCUT2D eigenvalue weighted by Gasteiger charge is -2.44. The second kappa shape index (κ2) is 10.6. The van der Waals surface area contributed by atoms with E-state index in [0.717, 1.165) is 41.5 Å². The molecule has 0 unspecified atom stereocenters. The number of rotatable bonds is 7. The van der Waals surface area contributed by atoms with Crippen LogP contribution in [0.25, 0.3) is 10.9 Å². The smallest absolute Gasteiger partial charge is 0.251 e. The van der Waals surface area contributed by atoms with Gasteiger partial charge in [0.2, 0.25) is 5.91 Å². The van der Waals surface area contributed by atoms with Crippen LogP contribution in [0.15, 0.2) is 54.6 Å². The topological polar surface area (TPSA) is 104 Å². The number of aromatic nitrogens is 1. The number of aryl methyl sites for hydroxylation is 1. The van der Waals surface area contributed by atoms with Crippen molar-refractivity contribution in [2.45, 2.75) is 51.3 Å². The molecular formula is C28H32N4O4. The molecule has 36 heavy (non-hydrogen) atoms. The number of ether oxygens (including phenoxy) is 1. The molecule has 2 amide bonds. The first-order chi connectivity index (χ1) is 17.5. The zero-order chi connectivity index (χ0) is 25.1. The van der Waals surface area contributed by atoms with Crippen LogP contribution in [0, 0.1) is 12.8 Å². The van der Waals surface area contributed by atoms with Crippen molar-refractivity contribution >= 4 is 22.7 Å². The first kappa shape index (κ1) is 24.2. The Bertz CT molecular complexity index is 1240. The molecule has 2 aromatic carbocycles. The minimum absolute atomic E-state index is 0.242. The molecule has 1 aliphatic carbocycles. The van der Waals surface area contributed by atoms with Crippen LogP contribution in [-0.4, -0.2) is 52.1 Å². The maximum atomic E-state index is 13.0. The van der Waals surface area contributed by atoms with Gasteiger partial charge in [-0.25, -0.2) is 5.48 Å². The Morgan fingerprint density at radius 3 is 2.61 bits per heavy atom. The van der Waals surface area contributed by atoms with Crippen LogP contribution in [0.4, 0.5) is 0 Å². The summed E-state index contributed by atoms with van der Waals surface area (Å²) in [6.07, 6.45) is 4.15. The van der Waals surface area contributed by atoms with E-state index in [1.165, 1.54) is 6.42 Å². The number of benzene rings is 2. The minimum Gasteiger partial charge on any atom is -0.489 e. The van der Waals surface area contributed by atoms with E-state index in [1.54, 1.807) is 29.7 Å². The third-order valence-electron chi connectivity index (χ3n) is 7.44. The Labute approximate surface area is 210 Å². The molecule has 3 N–H and O–H groups in total. The van der Waals surface area contributed by atoms with Crippen molar-refractivity contribution in [3.05, 3.63) is 71.4 Å². The molecule has 8 heteroatoms. The van der Waals surface area contributed by atoms with E-state index in [2.05, 4.69) is 15.2 Å². The van der Waals surface area contributed by atoms with Crippen molar-refractivity contribution in [3.63, 3.8) is 0 Å². The summed E-state index contributed by atoms with van der Waals surface area (Å²) in [6, 6.07) is 17.2. The van der Waals surface area contributed by atoms with Gasteiger partial charge in [0.1, 0.15) is 12.4 Å². The van der Waals surface area contributed by atoms with Gasteiger partial charge in [-0.3, -0.25) is 24.7 Å². The number of piperidine rings is 1. The molecule has 2 fully saturated rings. The molecule has 3 aromatic rings. The lowest BCUT2D eigenvalue weighted by molar-refractivity contribution is -0.136. The zero-order valence-corrected chi connectivity index (χ0v) is 20.4. The fraction of sp³-hybridized carbons (Fsp3) is 0.393. The highest BCUT2D eigenvalue weighted by molar-refractivity contribution is 5.95. The van der Waals surface area contributed by atoms with Gasteiger partial charge in [-0.05, 0) is 69.1 Å². The summed E-state index contributed by atoms with van der Waals surface area (Å²) in [7, 11) is 0. The van der Waals surface area contributed by atoms with E-state index in [0.29, 0.717) is 36.9 Å². The average molecular weight is 489 g/mol. The van der Waals surface area contributed by atoms with Crippen molar-refractivity contribution in [2.75, 3.05) is 13.1 Å².